The van der Waals surface area contributed by atoms with Crippen LogP contribution in [0, 0.1) is 12.8 Å². The largest absolute Gasteiger partial charge is 0.369 e. The molecule has 1 unspecified atom stereocenters. The van der Waals surface area contributed by atoms with Crippen LogP contribution in [-0.4, -0.2) is 14.5 Å². The Morgan fingerprint density at radius 3 is 2.68 bits per heavy atom. The van der Waals surface area contributed by atoms with Crippen molar-refractivity contribution in [1.82, 2.24) is 14.5 Å². The maximum absolute atomic E-state index is 6.07. The quantitative estimate of drug-likeness (QED) is 0.891. The Hall–Kier alpha value is -1.58. The van der Waals surface area contributed by atoms with Gasteiger partial charge in [-0.05, 0) is 37.8 Å². The summed E-state index contributed by atoms with van der Waals surface area (Å²) in [6.07, 6.45) is 5.41. The lowest BCUT2D eigenvalue weighted by Crippen LogP contribution is -2.09. The summed E-state index contributed by atoms with van der Waals surface area (Å²) in [4.78, 5) is 8.90. The Morgan fingerprint density at radius 2 is 2.00 bits per heavy atom. The van der Waals surface area contributed by atoms with E-state index < -0.39 is 0 Å². The van der Waals surface area contributed by atoms with E-state index in [1.807, 2.05) is 19.2 Å². The van der Waals surface area contributed by atoms with Crippen molar-refractivity contribution in [3.63, 3.8) is 0 Å². The molecule has 1 atom stereocenters. The number of fused-ring (bicyclic) bond motifs is 1. The van der Waals surface area contributed by atoms with Crippen molar-refractivity contribution >= 4 is 17.1 Å². The zero-order chi connectivity index (χ0) is 14.0. The fraction of sp³-hybridized carbons (Fsp3) is 0.600. The molecule has 0 aliphatic heterocycles. The van der Waals surface area contributed by atoms with E-state index in [0.717, 1.165) is 29.1 Å². The van der Waals surface area contributed by atoms with Gasteiger partial charge in [0.1, 0.15) is 5.52 Å². The molecule has 0 bridgehead atoms. The Balaban J connectivity index is 2.24. The van der Waals surface area contributed by atoms with E-state index in [2.05, 4.69) is 35.3 Å². The van der Waals surface area contributed by atoms with Gasteiger partial charge in [0.05, 0.1) is 0 Å². The molecule has 2 aromatic rings. The van der Waals surface area contributed by atoms with Gasteiger partial charge in [-0.25, -0.2) is 9.97 Å². The second kappa shape index (κ2) is 5.59. The van der Waals surface area contributed by atoms with Gasteiger partial charge in [0.15, 0.2) is 5.65 Å². The zero-order valence-corrected chi connectivity index (χ0v) is 12.3. The monoisotopic (exact) mass is 260 g/mol. The molecule has 0 aromatic carbocycles. The maximum atomic E-state index is 6.07. The van der Waals surface area contributed by atoms with E-state index in [1.165, 1.54) is 12.8 Å². The Morgan fingerprint density at radius 1 is 1.26 bits per heavy atom. The molecule has 2 aromatic heterocycles. The van der Waals surface area contributed by atoms with E-state index in [-0.39, 0.29) is 0 Å². The zero-order valence-electron chi connectivity index (χ0n) is 12.3. The van der Waals surface area contributed by atoms with Gasteiger partial charge < -0.3 is 5.73 Å². The minimum Gasteiger partial charge on any atom is -0.369 e. The molecule has 0 aliphatic rings. The first kappa shape index (κ1) is 13.8. The second-order valence-electron chi connectivity index (χ2n) is 5.81. The van der Waals surface area contributed by atoms with Crippen LogP contribution in [0.5, 0.6) is 0 Å². The molecule has 0 saturated heterocycles. The molecule has 19 heavy (non-hydrogen) atoms. The summed E-state index contributed by atoms with van der Waals surface area (Å²) >= 11 is 0. The van der Waals surface area contributed by atoms with Crippen LogP contribution < -0.4 is 5.73 Å². The molecule has 0 spiro atoms. The summed E-state index contributed by atoms with van der Waals surface area (Å²) in [5.74, 6) is 1.33. The van der Waals surface area contributed by atoms with Crippen LogP contribution in [0.1, 0.15) is 51.6 Å². The van der Waals surface area contributed by atoms with Gasteiger partial charge in [-0.15, -0.1) is 0 Å². The summed E-state index contributed by atoms with van der Waals surface area (Å²) in [7, 11) is 0. The molecule has 4 heteroatoms. The van der Waals surface area contributed by atoms with E-state index in [9.17, 15) is 0 Å². The first-order valence-corrected chi connectivity index (χ1v) is 7.09. The molecule has 2 heterocycles. The van der Waals surface area contributed by atoms with E-state index in [1.54, 1.807) is 0 Å². The lowest BCUT2D eigenvalue weighted by Gasteiger charge is -2.16. The third kappa shape index (κ3) is 2.88. The Kier molecular flexibility index (Phi) is 4.08. The first-order chi connectivity index (χ1) is 9.00. The highest BCUT2D eigenvalue weighted by molar-refractivity contribution is 5.77. The number of nitrogen functional groups attached to an aromatic ring is 1. The lowest BCUT2D eigenvalue weighted by atomic mass is 10.0. The highest BCUT2D eigenvalue weighted by atomic mass is 15.2. The number of anilines is 1. The molecule has 0 saturated carbocycles. The maximum Gasteiger partial charge on any atom is 0.202 e. The molecular weight excluding hydrogens is 236 g/mol. The fourth-order valence-electron chi connectivity index (χ4n) is 2.51. The number of nitrogens with zero attached hydrogens (tertiary/aromatic N) is 3. The van der Waals surface area contributed by atoms with Crippen molar-refractivity contribution in [3.8, 4) is 0 Å². The minimum absolute atomic E-state index is 0.345. The third-order valence-electron chi connectivity index (χ3n) is 3.65. The molecule has 0 amide bonds. The third-order valence-corrected chi connectivity index (χ3v) is 3.65. The molecule has 0 aliphatic carbocycles. The molecule has 2 N–H and O–H groups in total. The van der Waals surface area contributed by atoms with Gasteiger partial charge in [0, 0.05) is 12.2 Å². The smallest absolute Gasteiger partial charge is 0.202 e. The number of aromatic nitrogens is 3. The minimum atomic E-state index is 0.345. The average Bonchev–Trinajstić information content (AvgIpc) is 2.66. The van der Waals surface area contributed by atoms with Crippen LogP contribution in [-0.2, 0) is 0 Å². The Bertz CT molecular complexity index is 557. The van der Waals surface area contributed by atoms with Gasteiger partial charge in [0.25, 0.3) is 0 Å². The number of hydrogen-bond acceptors (Lipinski definition) is 3. The first-order valence-electron chi connectivity index (χ1n) is 7.09. The van der Waals surface area contributed by atoms with Gasteiger partial charge in [-0.3, -0.25) is 4.57 Å². The van der Waals surface area contributed by atoms with Crippen molar-refractivity contribution in [2.24, 2.45) is 5.92 Å². The molecule has 0 fully saturated rings. The van der Waals surface area contributed by atoms with E-state index in [0.29, 0.717) is 12.0 Å². The van der Waals surface area contributed by atoms with Crippen LogP contribution in [0.4, 0.5) is 5.95 Å². The van der Waals surface area contributed by atoms with Crippen molar-refractivity contribution in [1.29, 1.82) is 0 Å². The van der Waals surface area contributed by atoms with E-state index in [4.69, 9.17) is 5.73 Å². The standard InChI is InChI=1S/C15H24N4/c1-10(2)6-5-7-12(4)19-14-13(18-15(19)16)11(3)8-9-17-14/h8-10,12H,5-7H2,1-4H3,(H2,16,18). The number of nitrogens with two attached hydrogens (primary N) is 1. The van der Waals surface area contributed by atoms with Gasteiger partial charge in [0.2, 0.25) is 5.95 Å². The number of rotatable bonds is 5. The van der Waals surface area contributed by atoms with Crippen LogP contribution in [0.25, 0.3) is 11.2 Å². The van der Waals surface area contributed by atoms with Gasteiger partial charge >= 0.3 is 0 Å². The summed E-state index contributed by atoms with van der Waals surface area (Å²) < 4.78 is 2.07. The average molecular weight is 260 g/mol. The SMILES string of the molecule is Cc1ccnc2c1nc(N)n2C(C)CCCC(C)C. The van der Waals surface area contributed by atoms with E-state index >= 15 is 0 Å². The summed E-state index contributed by atoms with van der Waals surface area (Å²) in [6.45, 7) is 8.76. The molecule has 104 valence electrons. The van der Waals surface area contributed by atoms with Crippen molar-refractivity contribution in [2.45, 2.75) is 53.0 Å². The van der Waals surface area contributed by atoms with Crippen molar-refractivity contribution in [3.05, 3.63) is 17.8 Å². The van der Waals surface area contributed by atoms with Crippen LogP contribution >= 0.6 is 0 Å². The van der Waals surface area contributed by atoms with Crippen LogP contribution in [0.15, 0.2) is 12.3 Å². The highest BCUT2D eigenvalue weighted by Crippen LogP contribution is 2.26. The predicted molar refractivity (Wildman–Crippen MR) is 80.1 cm³/mol. The normalized spacial score (nSPS) is 13.3. The Labute approximate surface area is 115 Å². The lowest BCUT2D eigenvalue weighted by molar-refractivity contribution is 0.455. The van der Waals surface area contributed by atoms with Crippen molar-refractivity contribution in [2.75, 3.05) is 5.73 Å². The number of pyridine rings is 1. The summed E-state index contributed by atoms with van der Waals surface area (Å²) in [6, 6.07) is 2.32. The van der Waals surface area contributed by atoms with Gasteiger partial charge in [-0.1, -0.05) is 26.7 Å². The predicted octanol–water partition coefficient (Wildman–Crippen LogP) is 3.71. The summed E-state index contributed by atoms with van der Waals surface area (Å²) in [5.41, 5.74) is 9.03. The number of aryl methyl sites for hydroxylation is 1. The molecular formula is C15H24N4. The molecule has 0 radical (unpaired) electrons. The highest BCUT2D eigenvalue weighted by Gasteiger charge is 2.15. The number of hydrogen-bond donors (Lipinski definition) is 1. The van der Waals surface area contributed by atoms with Crippen molar-refractivity contribution < 1.29 is 0 Å². The topological polar surface area (TPSA) is 56.7 Å². The number of imidazole rings is 1. The fourth-order valence-corrected chi connectivity index (χ4v) is 2.51. The van der Waals surface area contributed by atoms with Crippen LogP contribution in [0.3, 0.4) is 0 Å². The second-order valence-corrected chi connectivity index (χ2v) is 5.81. The molecule has 4 nitrogen and oxygen atoms in total. The van der Waals surface area contributed by atoms with Gasteiger partial charge in [-0.2, -0.15) is 0 Å². The van der Waals surface area contributed by atoms with Crippen LogP contribution in [0.2, 0.25) is 0 Å². The molecule has 2 rings (SSSR count). The summed E-state index contributed by atoms with van der Waals surface area (Å²) in [5, 5.41) is 0.